The van der Waals surface area contributed by atoms with Gasteiger partial charge in [-0.3, -0.25) is 18.5 Å². The highest BCUT2D eigenvalue weighted by atomic mass is 16.5. The quantitative estimate of drug-likeness (QED) is 0.661. The molecule has 0 saturated carbocycles. The summed E-state index contributed by atoms with van der Waals surface area (Å²) in [5, 5.41) is 6.44. The minimum atomic E-state index is -0.407. The van der Waals surface area contributed by atoms with Crippen LogP contribution in [0.25, 0.3) is 11.2 Å². The zero-order valence-electron chi connectivity index (χ0n) is 15.4. The maximum Gasteiger partial charge on any atom is 0.332 e. The molecule has 1 aliphatic heterocycles. The van der Waals surface area contributed by atoms with E-state index in [2.05, 4.69) is 4.98 Å². The lowest BCUT2D eigenvalue weighted by Gasteiger charge is -2.25. The van der Waals surface area contributed by atoms with Crippen molar-refractivity contribution in [1.82, 2.24) is 18.7 Å². The number of benzene rings is 1. The monoisotopic (exact) mass is 368 g/mol. The lowest BCUT2D eigenvalue weighted by atomic mass is 10.1. The van der Waals surface area contributed by atoms with E-state index < -0.39 is 5.69 Å². The second-order valence-electron chi connectivity index (χ2n) is 6.40. The third kappa shape index (κ3) is 2.67. The SMILES string of the molecule is COCCN1N=C(c2ccccc2)Cn2c1nc1c2c(=O)n(C)c(=O)n1C. The molecule has 0 radical (unpaired) electrons. The summed E-state index contributed by atoms with van der Waals surface area (Å²) in [6.45, 7) is 1.32. The fourth-order valence-corrected chi connectivity index (χ4v) is 3.26. The topological polar surface area (TPSA) is 86.7 Å². The minimum Gasteiger partial charge on any atom is -0.383 e. The van der Waals surface area contributed by atoms with Gasteiger partial charge in [0.1, 0.15) is 0 Å². The summed E-state index contributed by atoms with van der Waals surface area (Å²) in [6.07, 6.45) is 0. The van der Waals surface area contributed by atoms with Gasteiger partial charge in [0.2, 0.25) is 5.95 Å². The molecule has 27 heavy (non-hydrogen) atoms. The smallest absolute Gasteiger partial charge is 0.332 e. The standard InChI is InChI=1S/C18H20N6O3/c1-21-15-14(16(25)22(2)18(21)26)23-11-13(12-7-5-4-6-8-12)20-24(9-10-27-3)17(23)19-15/h4-8H,9-11H2,1-3H3. The van der Waals surface area contributed by atoms with Crippen molar-refractivity contribution in [1.29, 1.82) is 0 Å². The van der Waals surface area contributed by atoms with Gasteiger partial charge in [0.15, 0.2) is 11.2 Å². The van der Waals surface area contributed by atoms with Crippen molar-refractivity contribution in [2.45, 2.75) is 6.54 Å². The molecule has 0 amide bonds. The van der Waals surface area contributed by atoms with Crippen molar-refractivity contribution in [2.75, 3.05) is 25.3 Å². The van der Waals surface area contributed by atoms with E-state index in [9.17, 15) is 9.59 Å². The van der Waals surface area contributed by atoms with Gasteiger partial charge in [0.05, 0.1) is 25.4 Å². The maximum atomic E-state index is 12.8. The second-order valence-corrected chi connectivity index (χ2v) is 6.40. The van der Waals surface area contributed by atoms with Gasteiger partial charge in [-0.25, -0.2) is 9.80 Å². The molecule has 0 N–H and O–H groups in total. The molecule has 140 valence electrons. The first-order chi connectivity index (χ1) is 13.0. The van der Waals surface area contributed by atoms with Gasteiger partial charge in [-0.05, 0) is 5.56 Å². The number of fused-ring (bicyclic) bond motifs is 3. The number of nitrogens with zero attached hydrogens (tertiary/aromatic N) is 6. The molecule has 9 nitrogen and oxygen atoms in total. The molecule has 1 aliphatic rings. The Hall–Kier alpha value is -3.20. The van der Waals surface area contributed by atoms with Crippen molar-refractivity contribution in [2.24, 2.45) is 19.2 Å². The van der Waals surface area contributed by atoms with E-state index in [4.69, 9.17) is 9.84 Å². The number of imidazole rings is 1. The average Bonchev–Trinajstić information content (AvgIpc) is 3.09. The van der Waals surface area contributed by atoms with Crippen molar-refractivity contribution < 1.29 is 4.74 Å². The molecule has 0 unspecified atom stereocenters. The van der Waals surface area contributed by atoms with Crippen LogP contribution in [0.1, 0.15) is 5.56 Å². The molecule has 9 heteroatoms. The Morgan fingerprint density at radius 2 is 1.85 bits per heavy atom. The number of hydrazone groups is 1. The molecular formula is C18H20N6O3. The van der Waals surface area contributed by atoms with Crippen molar-refractivity contribution in [3.63, 3.8) is 0 Å². The molecule has 0 bridgehead atoms. The van der Waals surface area contributed by atoms with Gasteiger partial charge in [-0.2, -0.15) is 10.1 Å². The Bertz CT molecular complexity index is 1160. The van der Waals surface area contributed by atoms with E-state index in [1.807, 2.05) is 34.9 Å². The number of ether oxygens (including phenoxy) is 1. The molecule has 0 aliphatic carbocycles. The zero-order chi connectivity index (χ0) is 19.1. The molecule has 0 fully saturated rings. The molecule has 0 atom stereocenters. The fraction of sp³-hybridized carbons (Fsp3) is 0.333. The van der Waals surface area contributed by atoms with Crippen molar-refractivity contribution in [3.8, 4) is 0 Å². The van der Waals surface area contributed by atoms with Gasteiger partial charge in [-0.15, -0.1) is 0 Å². The van der Waals surface area contributed by atoms with Crippen LogP contribution in [0.2, 0.25) is 0 Å². The number of rotatable bonds is 4. The highest BCUT2D eigenvalue weighted by molar-refractivity contribution is 6.02. The zero-order valence-corrected chi connectivity index (χ0v) is 15.4. The molecule has 0 spiro atoms. The van der Waals surface area contributed by atoms with Crippen LogP contribution in [-0.4, -0.2) is 44.7 Å². The van der Waals surface area contributed by atoms with Crippen LogP contribution in [0.3, 0.4) is 0 Å². The number of aryl methyl sites for hydroxylation is 1. The van der Waals surface area contributed by atoms with Crippen molar-refractivity contribution in [3.05, 3.63) is 56.7 Å². The van der Waals surface area contributed by atoms with Crippen LogP contribution >= 0.6 is 0 Å². The minimum absolute atomic E-state index is 0.352. The van der Waals surface area contributed by atoms with E-state index in [1.54, 1.807) is 19.2 Å². The second kappa shape index (κ2) is 6.51. The van der Waals surface area contributed by atoms with E-state index in [0.717, 1.165) is 15.8 Å². The molecular weight excluding hydrogens is 348 g/mol. The van der Waals surface area contributed by atoms with Gasteiger partial charge >= 0.3 is 5.69 Å². The highest BCUT2D eigenvalue weighted by Gasteiger charge is 2.27. The maximum absolute atomic E-state index is 12.8. The van der Waals surface area contributed by atoms with Gasteiger partial charge < -0.3 is 4.74 Å². The van der Waals surface area contributed by atoms with Crippen LogP contribution < -0.4 is 16.3 Å². The molecule has 2 aromatic heterocycles. The Balaban J connectivity index is 1.96. The number of aromatic nitrogens is 4. The van der Waals surface area contributed by atoms with E-state index in [1.165, 1.54) is 11.6 Å². The first-order valence-corrected chi connectivity index (χ1v) is 8.58. The predicted octanol–water partition coefficient (Wildman–Crippen LogP) is 0.304. The summed E-state index contributed by atoms with van der Waals surface area (Å²) in [6, 6.07) is 9.79. The third-order valence-corrected chi connectivity index (χ3v) is 4.72. The number of hydrogen-bond acceptors (Lipinski definition) is 6. The normalized spacial score (nSPS) is 13.7. The summed E-state index contributed by atoms with van der Waals surface area (Å²) >= 11 is 0. The van der Waals surface area contributed by atoms with Crippen LogP contribution in [0.15, 0.2) is 45.0 Å². The average molecular weight is 368 g/mol. The molecule has 3 aromatic rings. The first kappa shape index (κ1) is 17.2. The lowest BCUT2D eigenvalue weighted by molar-refractivity contribution is 0.205. The molecule has 0 saturated heterocycles. The fourth-order valence-electron chi connectivity index (χ4n) is 3.26. The number of anilines is 1. The van der Waals surface area contributed by atoms with Crippen LogP contribution in [0, 0.1) is 0 Å². The Labute approximate surface area is 154 Å². The summed E-state index contributed by atoms with van der Waals surface area (Å²) in [7, 11) is 4.71. The van der Waals surface area contributed by atoms with Gasteiger partial charge in [-0.1, -0.05) is 30.3 Å². The van der Waals surface area contributed by atoms with Crippen LogP contribution in [0.5, 0.6) is 0 Å². The van der Waals surface area contributed by atoms with Crippen molar-refractivity contribution >= 4 is 22.8 Å². The predicted molar refractivity (Wildman–Crippen MR) is 102 cm³/mol. The van der Waals surface area contributed by atoms with Crippen LogP contribution in [-0.2, 0) is 25.4 Å². The Morgan fingerprint density at radius 3 is 2.56 bits per heavy atom. The lowest BCUT2D eigenvalue weighted by Crippen LogP contribution is -2.38. The first-order valence-electron chi connectivity index (χ1n) is 8.58. The molecule has 3 heterocycles. The Morgan fingerprint density at radius 1 is 1.11 bits per heavy atom. The molecule has 1 aromatic carbocycles. The highest BCUT2D eigenvalue weighted by Crippen LogP contribution is 2.25. The third-order valence-electron chi connectivity index (χ3n) is 4.72. The number of hydrogen-bond donors (Lipinski definition) is 0. The van der Waals surface area contributed by atoms with E-state index >= 15 is 0 Å². The van der Waals surface area contributed by atoms with Crippen LogP contribution in [0.4, 0.5) is 5.95 Å². The molecule has 4 rings (SSSR count). The summed E-state index contributed by atoms with van der Waals surface area (Å²) in [5.74, 6) is 0.528. The summed E-state index contributed by atoms with van der Waals surface area (Å²) in [4.78, 5) is 29.6. The summed E-state index contributed by atoms with van der Waals surface area (Å²) < 4.78 is 9.50. The Kier molecular flexibility index (Phi) is 4.15. The van der Waals surface area contributed by atoms with Gasteiger partial charge in [0, 0.05) is 21.2 Å². The van der Waals surface area contributed by atoms with E-state index in [0.29, 0.717) is 36.8 Å². The number of methoxy groups -OCH3 is 1. The summed E-state index contributed by atoms with van der Waals surface area (Å²) in [5.41, 5.74) is 1.75. The van der Waals surface area contributed by atoms with E-state index in [-0.39, 0.29) is 5.56 Å². The van der Waals surface area contributed by atoms with Gasteiger partial charge in [0.25, 0.3) is 5.56 Å². The largest absolute Gasteiger partial charge is 0.383 e.